The molecule has 0 unspecified atom stereocenters. The summed E-state index contributed by atoms with van der Waals surface area (Å²) in [7, 11) is 0. The molecule has 1 aliphatic heterocycles. The summed E-state index contributed by atoms with van der Waals surface area (Å²) in [6.07, 6.45) is 1.89. The second kappa shape index (κ2) is 13.7. The third-order valence-electron chi connectivity index (χ3n) is 5.72. The van der Waals surface area contributed by atoms with Gasteiger partial charge < -0.3 is 15.1 Å². The van der Waals surface area contributed by atoms with Crippen molar-refractivity contribution in [1.82, 2.24) is 4.90 Å². The molecule has 174 valence electrons. The molecular formula is C26H26I3N2O2-. The van der Waals surface area contributed by atoms with Crippen molar-refractivity contribution < 1.29 is 22.5 Å². The number of likely N-dealkylation sites (tertiary alicyclic amines) is 1. The Morgan fingerprint density at radius 1 is 1.09 bits per heavy atom. The van der Waals surface area contributed by atoms with E-state index in [0.717, 1.165) is 42.6 Å². The van der Waals surface area contributed by atoms with Crippen LogP contribution in [0, 0.1) is 18.8 Å². The molecule has 2 heterocycles. The number of piperidine rings is 1. The van der Waals surface area contributed by atoms with Crippen LogP contribution in [0.5, 0.6) is 0 Å². The molecule has 3 aromatic rings. The van der Waals surface area contributed by atoms with Crippen LogP contribution >= 0.6 is 37.2 Å². The van der Waals surface area contributed by atoms with Crippen LogP contribution in [0.2, 0.25) is 0 Å². The minimum atomic E-state index is -0.0619. The van der Waals surface area contributed by atoms with E-state index in [-0.39, 0.29) is 5.91 Å². The number of nitrogens with two attached hydrogens (primary N) is 1. The van der Waals surface area contributed by atoms with Gasteiger partial charge in [-0.25, -0.2) is 0 Å². The van der Waals surface area contributed by atoms with Crippen molar-refractivity contribution in [3.63, 3.8) is 0 Å². The predicted octanol–water partition coefficient (Wildman–Crippen LogP) is 3.24. The molecule has 2 aromatic carbocycles. The Balaban J connectivity index is 0.000000968. The summed E-state index contributed by atoms with van der Waals surface area (Å²) in [5, 5.41) is 0. The SMILES string of the molecule is Cc1ccccc1C#Cc1ccc(C(=O)N2CCC(c3cccc(CN)c3)CC2)o1.I[I-]I. The van der Waals surface area contributed by atoms with E-state index in [2.05, 4.69) is 73.3 Å². The van der Waals surface area contributed by atoms with Gasteiger partial charge in [-0.3, -0.25) is 4.79 Å². The standard InChI is InChI=1S/C26H26N2O2.I3/c1-19-5-2-3-7-21(19)9-10-24-11-12-25(30-24)26(29)28-15-13-22(14-16-28)23-8-4-6-20(17-23)18-27;1-3-2/h2-8,11-12,17,22H,13-16,18,27H2,1H3;/q;-1. The maximum atomic E-state index is 12.9. The molecule has 2 N–H and O–H groups in total. The van der Waals surface area contributed by atoms with Crippen LogP contribution in [-0.2, 0) is 6.54 Å². The Kier molecular flexibility index (Phi) is 11.0. The Hall–Kier alpha value is -1.10. The van der Waals surface area contributed by atoms with Crippen molar-refractivity contribution in [3.05, 3.63) is 94.4 Å². The van der Waals surface area contributed by atoms with Crippen LogP contribution in [-0.4, -0.2) is 23.9 Å². The van der Waals surface area contributed by atoms with Gasteiger partial charge >= 0.3 is 50.5 Å². The average Bonchev–Trinajstić information content (AvgIpc) is 3.33. The van der Waals surface area contributed by atoms with Crippen LogP contribution in [0.25, 0.3) is 0 Å². The van der Waals surface area contributed by atoms with Crippen LogP contribution in [0.15, 0.2) is 65.1 Å². The van der Waals surface area contributed by atoms with Crippen molar-refractivity contribution in [1.29, 1.82) is 0 Å². The summed E-state index contributed by atoms with van der Waals surface area (Å²) in [6, 6.07) is 19.9. The topological polar surface area (TPSA) is 59.5 Å². The molecule has 1 saturated heterocycles. The summed E-state index contributed by atoms with van der Waals surface area (Å²) >= 11 is 5.30. The summed E-state index contributed by atoms with van der Waals surface area (Å²) in [4.78, 5) is 14.7. The van der Waals surface area contributed by atoms with Gasteiger partial charge in [0.15, 0.2) is 11.5 Å². The molecule has 33 heavy (non-hydrogen) atoms. The number of hydrogen-bond donors (Lipinski definition) is 1. The molecule has 1 amide bonds. The van der Waals surface area contributed by atoms with Gasteiger partial charge in [0.2, 0.25) is 0 Å². The van der Waals surface area contributed by atoms with E-state index in [9.17, 15) is 4.79 Å². The van der Waals surface area contributed by atoms with Crippen LogP contribution in [0.1, 0.15) is 57.3 Å². The molecule has 0 spiro atoms. The van der Waals surface area contributed by atoms with Crippen molar-refractivity contribution in [2.75, 3.05) is 13.1 Å². The minimum absolute atomic E-state index is 0.0619. The first-order chi connectivity index (χ1) is 16.0. The second-order valence-electron chi connectivity index (χ2n) is 7.80. The van der Waals surface area contributed by atoms with E-state index in [1.165, 1.54) is 5.56 Å². The van der Waals surface area contributed by atoms with Crippen molar-refractivity contribution in [2.45, 2.75) is 32.2 Å². The first-order valence-corrected chi connectivity index (χ1v) is 23.3. The molecule has 0 aliphatic carbocycles. The number of halogens is 3. The number of furan rings is 1. The zero-order valence-corrected chi connectivity index (χ0v) is 24.8. The van der Waals surface area contributed by atoms with Gasteiger partial charge in [0.1, 0.15) is 0 Å². The van der Waals surface area contributed by atoms with E-state index in [1.54, 1.807) is 12.1 Å². The molecule has 0 atom stereocenters. The van der Waals surface area contributed by atoms with E-state index >= 15 is 0 Å². The van der Waals surface area contributed by atoms with E-state index in [0.29, 0.717) is 37.2 Å². The number of nitrogens with zero attached hydrogens (tertiary/aromatic N) is 1. The van der Waals surface area contributed by atoms with Gasteiger partial charge in [0.25, 0.3) is 5.91 Å². The first-order valence-electron chi connectivity index (χ1n) is 10.7. The average molecular weight is 779 g/mol. The van der Waals surface area contributed by atoms with Gasteiger partial charge in [0, 0.05) is 25.2 Å². The van der Waals surface area contributed by atoms with Gasteiger partial charge in [-0.15, -0.1) is 0 Å². The van der Waals surface area contributed by atoms with E-state index in [1.807, 2.05) is 36.1 Å². The van der Waals surface area contributed by atoms with Crippen LogP contribution in [0.3, 0.4) is 0 Å². The maximum absolute atomic E-state index is 12.9. The van der Waals surface area contributed by atoms with Crippen molar-refractivity contribution in [2.24, 2.45) is 5.73 Å². The Morgan fingerprint density at radius 3 is 2.52 bits per heavy atom. The van der Waals surface area contributed by atoms with Gasteiger partial charge in [-0.05, 0) is 66.5 Å². The monoisotopic (exact) mass is 779 g/mol. The van der Waals surface area contributed by atoms with Crippen LogP contribution < -0.4 is 19.0 Å². The number of carbonyl (C=O) groups excluding carboxylic acids is 1. The second-order valence-corrected chi connectivity index (χ2v) is 24.0. The zero-order valence-electron chi connectivity index (χ0n) is 18.4. The fourth-order valence-corrected chi connectivity index (χ4v) is 3.91. The van der Waals surface area contributed by atoms with Gasteiger partial charge in [0.05, 0.1) is 0 Å². The molecule has 4 nitrogen and oxygen atoms in total. The van der Waals surface area contributed by atoms with Gasteiger partial charge in [-0.1, -0.05) is 48.4 Å². The molecular weight excluding hydrogens is 753 g/mol. The third-order valence-corrected chi connectivity index (χ3v) is 5.72. The number of carbonyl (C=O) groups is 1. The summed E-state index contributed by atoms with van der Waals surface area (Å²) in [5.41, 5.74) is 10.3. The quantitative estimate of drug-likeness (QED) is 0.329. The third kappa shape index (κ3) is 7.70. The molecule has 0 saturated carbocycles. The Labute approximate surface area is 225 Å². The number of hydrogen-bond acceptors (Lipinski definition) is 3. The number of rotatable bonds is 3. The Bertz CT molecular complexity index is 1130. The zero-order chi connectivity index (χ0) is 23.6. The molecule has 0 bridgehead atoms. The molecule has 1 fully saturated rings. The molecule has 4 rings (SSSR count). The summed E-state index contributed by atoms with van der Waals surface area (Å²) in [6.45, 7) is 4.03. The van der Waals surface area contributed by atoms with E-state index in [4.69, 9.17) is 10.2 Å². The van der Waals surface area contributed by atoms with Crippen molar-refractivity contribution in [3.8, 4) is 11.8 Å². The molecule has 1 aliphatic rings. The molecule has 0 radical (unpaired) electrons. The first kappa shape index (κ1) is 26.5. The predicted molar refractivity (Wildman–Crippen MR) is 146 cm³/mol. The summed E-state index contributed by atoms with van der Waals surface area (Å²) < 4.78 is 5.72. The number of aryl methyl sites for hydroxylation is 1. The van der Waals surface area contributed by atoms with Crippen molar-refractivity contribution >= 4 is 43.1 Å². The number of benzene rings is 2. The number of amides is 1. The van der Waals surface area contributed by atoms with E-state index < -0.39 is 0 Å². The fraction of sp³-hybridized carbons (Fsp3) is 0.269. The molecule has 1 aromatic heterocycles. The normalized spacial score (nSPS) is 13.6. The summed E-state index contributed by atoms with van der Waals surface area (Å²) in [5.74, 6) is 7.41. The fourth-order valence-electron chi connectivity index (χ4n) is 3.91. The molecule has 7 heteroatoms. The Morgan fingerprint density at radius 2 is 1.82 bits per heavy atom. The van der Waals surface area contributed by atoms with Crippen LogP contribution in [0.4, 0.5) is 0 Å². The van der Waals surface area contributed by atoms with Gasteiger partial charge in [-0.2, -0.15) is 0 Å².